The van der Waals surface area contributed by atoms with E-state index in [9.17, 15) is 14.0 Å². The number of aromatic amines is 2. The second-order valence-corrected chi connectivity index (χ2v) is 6.94. The van der Waals surface area contributed by atoms with Crippen LogP contribution in [0.2, 0.25) is 0 Å². The van der Waals surface area contributed by atoms with Gasteiger partial charge in [0.2, 0.25) is 5.91 Å². The Kier molecular flexibility index (Phi) is 5.03. The van der Waals surface area contributed by atoms with Gasteiger partial charge in [-0.2, -0.15) is 5.16 Å². The van der Waals surface area contributed by atoms with Crippen molar-refractivity contribution in [1.29, 1.82) is 0 Å². The molecule has 148 valence electrons. The number of carbonyl (C=O) groups is 1. The lowest BCUT2D eigenvalue weighted by atomic mass is 10.0. The van der Waals surface area contributed by atoms with Crippen molar-refractivity contribution in [3.05, 3.63) is 81.6 Å². The molecule has 6 nitrogen and oxygen atoms in total. The molecule has 0 fully saturated rings. The number of H-pyrrole nitrogens is 2. The first-order valence-corrected chi connectivity index (χ1v) is 9.31. The van der Waals surface area contributed by atoms with E-state index in [1.165, 1.54) is 12.1 Å². The number of fused-ring (bicyclic) bond motifs is 1. The van der Waals surface area contributed by atoms with E-state index in [-0.39, 0.29) is 23.7 Å². The maximum absolute atomic E-state index is 14.2. The lowest BCUT2D eigenvalue weighted by Gasteiger charge is -2.05. The molecule has 0 spiro atoms. The lowest BCUT2D eigenvalue weighted by molar-refractivity contribution is -0.121. The van der Waals surface area contributed by atoms with Crippen molar-refractivity contribution in [1.82, 2.24) is 15.5 Å². The first-order valence-electron chi connectivity index (χ1n) is 9.31. The van der Waals surface area contributed by atoms with Gasteiger partial charge in [0, 0.05) is 41.9 Å². The van der Waals surface area contributed by atoms with Crippen LogP contribution < -0.4 is 10.9 Å². The van der Waals surface area contributed by atoms with Crippen molar-refractivity contribution in [2.45, 2.75) is 26.3 Å². The summed E-state index contributed by atoms with van der Waals surface area (Å²) in [7, 11) is 0. The molecular formula is C22H20FN3O3. The summed E-state index contributed by atoms with van der Waals surface area (Å²) in [6.45, 7) is 2.33. The van der Waals surface area contributed by atoms with Crippen molar-refractivity contribution in [2.24, 2.45) is 0 Å². The summed E-state index contributed by atoms with van der Waals surface area (Å²) in [5, 5.41) is 6.06. The fourth-order valence-electron chi connectivity index (χ4n) is 3.39. The van der Waals surface area contributed by atoms with Gasteiger partial charge in [0.15, 0.2) is 0 Å². The zero-order valence-corrected chi connectivity index (χ0v) is 15.8. The molecule has 0 atom stereocenters. The van der Waals surface area contributed by atoms with E-state index in [2.05, 4.69) is 15.5 Å². The molecule has 2 aromatic heterocycles. The van der Waals surface area contributed by atoms with Gasteiger partial charge in [-0.1, -0.05) is 18.2 Å². The van der Waals surface area contributed by atoms with E-state index in [1.54, 1.807) is 12.1 Å². The van der Waals surface area contributed by atoms with Crippen molar-refractivity contribution >= 4 is 16.8 Å². The second kappa shape index (κ2) is 7.79. The summed E-state index contributed by atoms with van der Waals surface area (Å²) in [4.78, 5) is 26.4. The largest absolute Gasteiger partial charge is 0.384 e. The summed E-state index contributed by atoms with van der Waals surface area (Å²) in [6.07, 6.45) is 0.580. The average molecular weight is 393 g/mol. The summed E-state index contributed by atoms with van der Waals surface area (Å²) >= 11 is 0. The fraction of sp³-hybridized carbons (Fsp3) is 0.182. The van der Waals surface area contributed by atoms with E-state index in [0.717, 1.165) is 27.7 Å². The Morgan fingerprint density at radius 2 is 2.00 bits per heavy atom. The molecular weight excluding hydrogens is 373 g/mol. The van der Waals surface area contributed by atoms with Crippen LogP contribution in [-0.4, -0.2) is 16.0 Å². The first kappa shape index (κ1) is 18.7. The zero-order chi connectivity index (χ0) is 20.4. The number of hydrogen-bond donors (Lipinski definition) is 3. The SMILES string of the molecule is Cc1c(-c2ccccc2F)[nH]c2ccc(CNC(=O)CCc3cc(=O)[nH]o3)cc12. The van der Waals surface area contributed by atoms with Gasteiger partial charge < -0.3 is 14.8 Å². The quantitative estimate of drug-likeness (QED) is 0.465. The third kappa shape index (κ3) is 3.99. The Morgan fingerprint density at radius 3 is 2.76 bits per heavy atom. The third-order valence-electron chi connectivity index (χ3n) is 4.93. The molecule has 3 N–H and O–H groups in total. The van der Waals surface area contributed by atoms with Gasteiger partial charge in [-0.05, 0) is 42.3 Å². The predicted molar refractivity (Wildman–Crippen MR) is 108 cm³/mol. The average Bonchev–Trinajstić information content (AvgIpc) is 3.28. The van der Waals surface area contributed by atoms with Gasteiger partial charge >= 0.3 is 0 Å². The number of amides is 1. The number of halogens is 1. The number of carbonyl (C=O) groups excluding carboxylic acids is 1. The molecule has 0 aliphatic heterocycles. The molecule has 0 unspecified atom stereocenters. The third-order valence-corrected chi connectivity index (χ3v) is 4.93. The van der Waals surface area contributed by atoms with Crippen LogP contribution in [0.3, 0.4) is 0 Å². The summed E-state index contributed by atoms with van der Waals surface area (Å²) in [6, 6.07) is 13.9. The Hall–Kier alpha value is -3.61. The fourth-order valence-corrected chi connectivity index (χ4v) is 3.39. The molecule has 0 aliphatic carbocycles. The maximum atomic E-state index is 14.2. The predicted octanol–water partition coefficient (Wildman–Crippen LogP) is 3.81. The van der Waals surface area contributed by atoms with Crippen LogP contribution >= 0.6 is 0 Å². The van der Waals surface area contributed by atoms with E-state index < -0.39 is 0 Å². The molecule has 0 saturated heterocycles. The zero-order valence-electron chi connectivity index (χ0n) is 15.8. The van der Waals surface area contributed by atoms with Crippen LogP contribution in [0.4, 0.5) is 4.39 Å². The highest BCUT2D eigenvalue weighted by molar-refractivity contribution is 5.91. The molecule has 0 bridgehead atoms. The summed E-state index contributed by atoms with van der Waals surface area (Å²) in [5.74, 6) is 0.0508. The normalized spacial score (nSPS) is 11.1. The van der Waals surface area contributed by atoms with Crippen molar-refractivity contribution in [2.75, 3.05) is 0 Å². The van der Waals surface area contributed by atoms with E-state index >= 15 is 0 Å². The highest BCUT2D eigenvalue weighted by Gasteiger charge is 2.13. The summed E-state index contributed by atoms with van der Waals surface area (Å²) in [5.41, 5.74) is 3.80. The highest BCUT2D eigenvalue weighted by atomic mass is 19.1. The molecule has 4 rings (SSSR count). The topological polar surface area (TPSA) is 90.9 Å². The number of aromatic nitrogens is 2. The van der Waals surface area contributed by atoms with Crippen LogP contribution in [0.5, 0.6) is 0 Å². The minimum absolute atomic E-state index is 0.133. The first-order chi connectivity index (χ1) is 14.0. The minimum Gasteiger partial charge on any atom is -0.384 e. The van der Waals surface area contributed by atoms with E-state index in [4.69, 9.17) is 4.52 Å². The number of nitrogens with one attached hydrogen (secondary N) is 3. The van der Waals surface area contributed by atoms with Gasteiger partial charge in [-0.3, -0.25) is 9.59 Å². The number of rotatable bonds is 6. The Morgan fingerprint density at radius 1 is 1.17 bits per heavy atom. The smallest absolute Gasteiger partial charge is 0.280 e. The van der Waals surface area contributed by atoms with Crippen LogP contribution in [0, 0.1) is 12.7 Å². The lowest BCUT2D eigenvalue weighted by Crippen LogP contribution is -2.22. The van der Waals surface area contributed by atoms with Gasteiger partial charge in [0.25, 0.3) is 5.56 Å². The van der Waals surface area contributed by atoms with E-state index in [1.807, 2.05) is 31.2 Å². The minimum atomic E-state index is -0.315. The van der Waals surface area contributed by atoms with Crippen molar-refractivity contribution in [3.8, 4) is 11.3 Å². The molecule has 0 aliphatic rings. The number of aryl methyl sites for hydroxylation is 2. The van der Waals surface area contributed by atoms with Gasteiger partial charge in [0.05, 0.1) is 5.69 Å². The molecule has 1 amide bonds. The molecule has 29 heavy (non-hydrogen) atoms. The standard InChI is InChI=1S/C22H20FN3O3/c1-13-17-10-14(12-24-20(27)9-7-15-11-21(28)26-29-15)6-8-19(17)25-22(13)16-4-2-3-5-18(16)23/h2-6,8,10-11,25H,7,9,12H2,1H3,(H,24,27)(H,26,28). The van der Waals surface area contributed by atoms with Gasteiger partial charge in [0.1, 0.15) is 11.6 Å². The summed E-state index contributed by atoms with van der Waals surface area (Å²) < 4.78 is 19.1. The molecule has 2 heterocycles. The second-order valence-electron chi connectivity index (χ2n) is 6.94. The molecule has 4 aromatic rings. The van der Waals surface area contributed by atoms with E-state index in [0.29, 0.717) is 24.3 Å². The van der Waals surface area contributed by atoms with Crippen LogP contribution in [-0.2, 0) is 17.8 Å². The van der Waals surface area contributed by atoms with Crippen molar-refractivity contribution < 1.29 is 13.7 Å². The monoisotopic (exact) mass is 393 g/mol. The van der Waals surface area contributed by atoms with Crippen LogP contribution in [0.15, 0.2) is 57.8 Å². The molecule has 0 saturated carbocycles. The molecule has 7 heteroatoms. The van der Waals surface area contributed by atoms with Crippen molar-refractivity contribution in [3.63, 3.8) is 0 Å². The maximum Gasteiger partial charge on any atom is 0.280 e. The Labute approximate surface area is 165 Å². The molecule has 0 radical (unpaired) electrons. The number of benzene rings is 2. The number of hydrogen-bond acceptors (Lipinski definition) is 3. The van der Waals surface area contributed by atoms with Crippen LogP contribution in [0.1, 0.15) is 23.3 Å². The van der Waals surface area contributed by atoms with Gasteiger partial charge in [-0.15, -0.1) is 0 Å². The highest BCUT2D eigenvalue weighted by Crippen LogP contribution is 2.31. The Balaban J connectivity index is 1.46. The van der Waals surface area contributed by atoms with Gasteiger partial charge in [-0.25, -0.2) is 4.39 Å². The van der Waals surface area contributed by atoms with Crippen LogP contribution in [0.25, 0.3) is 22.2 Å². The Bertz CT molecular complexity index is 1240. The molecule has 2 aromatic carbocycles.